The van der Waals surface area contributed by atoms with Crippen molar-refractivity contribution in [1.82, 2.24) is 20.0 Å². The quantitative estimate of drug-likeness (QED) is 0.388. The molecule has 0 spiro atoms. The third kappa shape index (κ3) is 10.1. The summed E-state index contributed by atoms with van der Waals surface area (Å²) in [6.45, 7) is 12.3. The molecule has 2 unspecified atom stereocenters. The second kappa shape index (κ2) is 13.7. The number of carbonyl (C=O) groups is 3. The van der Waals surface area contributed by atoms with Gasteiger partial charge in [-0.1, -0.05) is 25.7 Å². The number of nitrogen functional groups attached to an aromatic ring is 1. The van der Waals surface area contributed by atoms with Crippen molar-refractivity contribution in [2.24, 2.45) is 0 Å². The molecule has 216 valence electrons. The van der Waals surface area contributed by atoms with E-state index in [2.05, 4.69) is 10.2 Å². The zero-order chi connectivity index (χ0) is 28.5. The Balaban J connectivity index is 0.000000269. The number of nitrogens with one attached hydrogen (secondary N) is 1. The smallest absolute Gasteiger partial charge is 0.411 e. The molecule has 2 atom stereocenters. The van der Waals surface area contributed by atoms with Crippen LogP contribution in [-0.2, 0) is 19.0 Å². The fourth-order valence-electron chi connectivity index (χ4n) is 4.52. The van der Waals surface area contributed by atoms with Crippen LogP contribution >= 0.6 is 0 Å². The average Bonchev–Trinajstić information content (AvgIpc) is 3.00. The number of nitrogens with zero attached hydrogens (tertiary/aromatic N) is 3. The third-order valence-corrected chi connectivity index (χ3v) is 6.21. The number of esters is 1. The molecule has 11 heteroatoms. The van der Waals surface area contributed by atoms with Crippen LogP contribution in [0.25, 0.3) is 0 Å². The van der Waals surface area contributed by atoms with Crippen molar-refractivity contribution in [1.29, 1.82) is 0 Å². The van der Waals surface area contributed by atoms with Crippen LogP contribution in [0.1, 0.15) is 105 Å². The number of H-pyrrole nitrogens is 1. The number of methoxy groups -OCH3 is 1. The first-order chi connectivity index (χ1) is 17.7. The normalized spacial score (nSPS) is 20.8. The molecule has 0 bridgehead atoms. The monoisotopic (exact) mass is 537 g/mol. The predicted octanol–water partition coefficient (Wildman–Crippen LogP) is 5.18. The maximum absolute atomic E-state index is 12.4. The highest BCUT2D eigenvalue weighted by atomic mass is 16.6. The van der Waals surface area contributed by atoms with Gasteiger partial charge in [-0.25, -0.2) is 14.4 Å². The van der Waals surface area contributed by atoms with Gasteiger partial charge < -0.3 is 19.9 Å². The molecule has 1 aromatic rings. The van der Waals surface area contributed by atoms with E-state index in [0.29, 0.717) is 25.3 Å². The fourth-order valence-corrected chi connectivity index (χ4v) is 4.52. The molecule has 38 heavy (non-hydrogen) atoms. The SMILES string of the molecule is CC(C)(C)OC(=O)N1CCCCCC1c1cc(N)n[nH]1.COC(=O)C1CCCCCN1C(=O)OC(C)(C)C. The molecule has 0 saturated carbocycles. The van der Waals surface area contributed by atoms with E-state index in [1.165, 1.54) is 12.0 Å². The highest BCUT2D eigenvalue weighted by Gasteiger charge is 2.34. The van der Waals surface area contributed by atoms with E-state index in [-0.39, 0.29) is 18.1 Å². The lowest BCUT2D eigenvalue weighted by atomic mass is 10.1. The number of carbonyl (C=O) groups excluding carboxylic acids is 3. The number of amides is 2. The molecule has 2 fully saturated rings. The Morgan fingerprint density at radius 2 is 1.39 bits per heavy atom. The van der Waals surface area contributed by atoms with Crippen molar-refractivity contribution in [2.45, 2.75) is 116 Å². The Labute approximate surface area is 226 Å². The van der Waals surface area contributed by atoms with Gasteiger partial charge in [0, 0.05) is 19.2 Å². The van der Waals surface area contributed by atoms with E-state index < -0.39 is 23.3 Å². The second-order valence-electron chi connectivity index (χ2n) is 11.8. The van der Waals surface area contributed by atoms with Crippen molar-refractivity contribution in [3.63, 3.8) is 0 Å². The molecule has 2 aliphatic heterocycles. The van der Waals surface area contributed by atoms with Gasteiger partial charge in [-0.05, 0) is 67.2 Å². The summed E-state index contributed by atoms with van der Waals surface area (Å²) in [6, 6.07) is 1.26. The van der Waals surface area contributed by atoms with Gasteiger partial charge in [-0.3, -0.25) is 14.9 Å². The lowest BCUT2D eigenvalue weighted by Crippen LogP contribution is -2.47. The van der Waals surface area contributed by atoms with Gasteiger partial charge >= 0.3 is 18.2 Å². The van der Waals surface area contributed by atoms with E-state index >= 15 is 0 Å². The van der Waals surface area contributed by atoms with E-state index in [9.17, 15) is 14.4 Å². The summed E-state index contributed by atoms with van der Waals surface area (Å²) in [6.07, 6.45) is 6.91. The summed E-state index contributed by atoms with van der Waals surface area (Å²) in [5.41, 5.74) is 5.52. The van der Waals surface area contributed by atoms with Gasteiger partial charge in [-0.15, -0.1) is 0 Å². The standard InChI is InChI=1S/C14H24N4O2.C13H23NO4/c1-14(2,3)20-13(19)18-8-6-4-5-7-11(18)10-9-12(15)17-16-10;1-13(2,3)18-12(16)14-9-7-5-6-8-10(14)11(15)17-4/h9,11H,4-8H2,1-3H3,(H3,15,16,17);10H,5-9H2,1-4H3. The first-order valence-electron chi connectivity index (χ1n) is 13.6. The van der Waals surface area contributed by atoms with Crippen molar-refractivity contribution in [3.05, 3.63) is 11.8 Å². The highest BCUT2D eigenvalue weighted by molar-refractivity contribution is 5.81. The van der Waals surface area contributed by atoms with Crippen LogP contribution in [0.4, 0.5) is 15.4 Å². The van der Waals surface area contributed by atoms with Gasteiger partial charge in [0.1, 0.15) is 23.1 Å². The van der Waals surface area contributed by atoms with E-state index in [0.717, 1.165) is 50.6 Å². The Hall–Kier alpha value is -2.98. The van der Waals surface area contributed by atoms with Crippen LogP contribution in [0.5, 0.6) is 0 Å². The minimum atomic E-state index is -0.552. The lowest BCUT2D eigenvalue weighted by molar-refractivity contribution is -0.146. The van der Waals surface area contributed by atoms with Crippen LogP contribution in [0.3, 0.4) is 0 Å². The Bertz CT molecular complexity index is 920. The van der Waals surface area contributed by atoms with Gasteiger partial charge in [-0.2, -0.15) is 5.10 Å². The maximum atomic E-state index is 12.4. The average molecular weight is 538 g/mol. The minimum absolute atomic E-state index is 0.0304. The lowest BCUT2D eigenvalue weighted by Gasteiger charge is -2.31. The number of anilines is 1. The molecule has 11 nitrogen and oxygen atoms in total. The van der Waals surface area contributed by atoms with Gasteiger partial charge in [0.25, 0.3) is 0 Å². The summed E-state index contributed by atoms with van der Waals surface area (Å²) in [5.74, 6) is 0.0937. The largest absolute Gasteiger partial charge is 0.467 e. The molecule has 2 saturated heterocycles. The number of likely N-dealkylation sites (tertiary alicyclic amines) is 2. The van der Waals surface area contributed by atoms with Crippen molar-refractivity contribution in [3.8, 4) is 0 Å². The third-order valence-electron chi connectivity index (χ3n) is 6.21. The molecular formula is C27H47N5O6. The highest BCUT2D eigenvalue weighted by Crippen LogP contribution is 2.31. The molecule has 2 amide bonds. The first-order valence-corrected chi connectivity index (χ1v) is 13.6. The molecule has 0 aliphatic carbocycles. The van der Waals surface area contributed by atoms with Crippen molar-refractivity contribution >= 4 is 24.0 Å². The number of hydrogen-bond acceptors (Lipinski definition) is 8. The summed E-state index contributed by atoms with van der Waals surface area (Å²) in [7, 11) is 1.35. The van der Waals surface area contributed by atoms with Crippen molar-refractivity contribution < 1.29 is 28.6 Å². The second-order valence-corrected chi connectivity index (χ2v) is 11.8. The van der Waals surface area contributed by atoms with E-state index in [4.69, 9.17) is 19.9 Å². The number of aromatic amines is 1. The molecule has 1 aromatic heterocycles. The first kappa shape index (κ1) is 31.2. The Morgan fingerprint density at radius 3 is 1.89 bits per heavy atom. The molecule has 3 rings (SSSR count). The van der Waals surface area contributed by atoms with E-state index in [1.54, 1.807) is 11.0 Å². The topological polar surface area (TPSA) is 140 Å². The Kier molecular flexibility index (Phi) is 11.3. The predicted molar refractivity (Wildman–Crippen MR) is 144 cm³/mol. The van der Waals surface area contributed by atoms with Gasteiger partial charge in [0.15, 0.2) is 0 Å². The summed E-state index contributed by atoms with van der Waals surface area (Å²) in [4.78, 5) is 39.5. The van der Waals surface area contributed by atoms with Crippen LogP contribution in [0.2, 0.25) is 0 Å². The number of rotatable bonds is 2. The van der Waals surface area contributed by atoms with Crippen LogP contribution < -0.4 is 5.73 Å². The minimum Gasteiger partial charge on any atom is -0.467 e. The summed E-state index contributed by atoms with van der Waals surface area (Å²) >= 11 is 0. The number of hydrogen-bond donors (Lipinski definition) is 2. The maximum Gasteiger partial charge on any atom is 0.411 e. The Morgan fingerprint density at radius 1 is 0.868 bits per heavy atom. The molecular weight excluding hydrogens is 490 g/mol. The van der Waals surface area contributed by atoms with Crippen LogP contribution in [0.15, 0.2) is 6.07 Å². The number of aromatic nitrogens is 2. The fraction of sp³-hybridized carbons (Fsp3) is 0.778. The molecule has 0 radical (unpaired) electrons. The van der Waals surface area contributed by atoms with Crippen LogP contribution in [0, 0.1) is 0 Å². The summed E-state index contributed by atoms with van der Waals surface area (Å²) < 4.78 is 15.6. The summed E-state index contributed by atoms with van der Waals surface area (Å²) in [5, 5.41) is 6.89. The number of nitrogens with two attached hydrogens (primary N) is 1. The van der Waals surface area contributed by atoms with E-state index in [1.807, 2.05) is 41.5 Å². The zero-order valence-corrected chi connectivity index (χ0v) is 24.2. The molecule has 3 heterocycles. The van der Waals surface area contributed by atoms with Crippen LogP contribution in [-0.4, -0.2) is 75.6 Å². The van der Waals surface area contributed by atoms with Gasteiger partial charge in [0.2, 0.25) is 0 Å². The number of ether oxygens (including phenoxy) is 3. The van der Waals surface area contributed by atoms with Crippen molar-refractivity contribution in [2.75, 3.05) is 25.9 Å². The molecule has 3 N–H and O–H groups in total. The van der Waals surface area contributed by atoms with Gasteiger partial charge in [0.05, 0.1) is 18.8 Å². The molecule has 2 aliphatic rings. The zero-order valence-electron chi connectivity index (χ0n) is 24.2. The molecule has 0 aromatic carbocycles.